The third-order valence-corrected chi connectivity index (χ3v) is 1.58. The van der Waals surface area contributed by atoms with Crippen LogP contribution in [0.1, 0.15) is 19.8 Å². The van der Waals surface area contributed by atoms with E-state index in [0.29, 0.717) is 5.92 Å². The lowest BCUT2D eigenvalue weighted by Gasteiger charge is -2.23. The molecule has 2 atom stereocenters. The first-order valence-electron chi connectivity index (χ1n) is 3.10. The Morgan fingerprint density at radius 2 is 2.38 bits per heavy atom. The zero-order chi connectivity index (χ0) is 5.98. The smallest absolute Gasteiger partial charge is 0.157 e. The summed E-state index contributed by atoms with van der Waals surface area (Å²) in [4.78, 5) is 0. The lowest BCUT2D eigenvalue weighted by molar-refractivity contribution is -0.153. The first-order chi connectivity index (χ1) is 3.80. The summed E-state index contributed by atoms with van der Waals surface area (Å²) in [5.41, 5.74) is 0. The highest BCUT2D eigenvalue weighted by atomic mass is 16.6. The minimum atomic E-state index is -0.497. The molecule has 1 rings (SSSR count). The molecule has 0 radical (unpaired) electrons. The van der Waals surface area contributed by atoms with Crippen molar-refractivity contribution in [1.29, 1.82) is 0 Å². The molecule has 0 aromatic heterocycles. The number of hydrogen-bond donors (Lipinski definition) is 1. The van der Waals surface area contributed by atoms with Crippen LogP contribution in [-0.4, -0.2) is 18.0 Å². The molecule has 1 aliphatic rings. The van der Waals surface area contributed by atoms with E-state index in [9.17, 15) is 0 Å². The molecule has 1 fully saturated rings. The fraction of sp³-hybridized carbons (Fsp3) is 1.00. The Kier molecular flexibility index (Phi) is 1.86. The van der Waals surface area contributed by atoms with Crippen LogP contribution in [0.3, 0.4) is 0 Å². The summed E-state index contributed by atoms with van der Waals surface area (Å²) in [6, 6.07) is 0. The molecule has 1 unspecified atom stereocenters. The summed E-state index contributed by atoms with van der Waals surface area (Å²) < 4.78 is 4.95. The fourth-order valence-electron chi connectivity index (χ4n) is 0.916. The molecule has 8 heavy (non-hydrogen) atoms. The molecule has 48 valence electrons. The molecule has 0 aromatic carbocycles. The zero-order valence-electron chi connectivity index (χ0n) is 5.13. The monoisotopic (exact) mass is 116 g/mol. The van der Waals surface area contributed by atoms with Gasteiger partial charge >= 0.3 is 0 Å². The van der Waals surface area contributed by atoms with Gasteiger partial charge in [0.05, 0.1) is 0 Å². The van der Waals surface area contributed by atoms with Gasteiger partial charge in [-0.15, -0.1) is 0 Å². The summed E-state index contributed by atoms with van der Waals surface area (Å²) in [7, 11) is 0. The number of aliphatic hydroxyl groups excluding tert-OH is 1. The van der Waals surface area contributed by atoms with Crippen molar-refractivity contribution in [2.45, 2.75) is 26.1 Å². The predicted octanol–water partition coefficient (Wildman–Crippen LogP) is 0.751. The van der Waals surface area contributed by atoms with Crippen molar-refractivity contribution in [3.63, 3.8) is 0 Å². The Morgan fingerprint density at radius 1 is 1.62 bits per heavy atom. The maximum atomic E-state index is 8.96. The van der Waals surface area contributed by atoms with Gasteiger partial charge in [-0.1, -0.05) is 6.92 Å². The van der Waals surface area contributed by atoms with Gasteiger partial charge in [0.1, 0.15) is 0 Å². The molecular weight excluding hydrogens is 104 g/mol. The number of hydrogen-bond acceptors (Lipinski definition) is 2. The van der Waals surface area contributed by atoms with Crippen LogP contribution >= 0.6 is 0 Å². The molecule has 1 heterocycles. The Hall–Kier alpha value is -0.0800. The van der Waals surface area contributed by atoms with E-state index in [1.54, 1.807) is 0 Å². The van der Waals surface area contributed by atoms with Gasteiger partial charge in [-0.2, -0.15) is 0 Å². The van der Waals surface area contributed by atoms with E-state index >= 15 is 0 Å². The minimum absolute atomic E-state index is 0.337. The van der Waals surface area contributed by atoms with E-state index in [1.165, 1.54) is 0 Å². The molecule has 1 saturated heterocycles. The summed E-state index contributed by atoms with van der Waals surface area (Å²) in [5.74, 6) is 0.337. The summed E-state index contributed by atoms with van der Waals surface area (Å²) in [6.07, 6.45) is 1.70. The van der Waals surface area contributed by atoms with Crippen LogP contribution in [0, 0.1) is 5.92 Å². The van der Waals surface area contributed by atoms with Crippen molar-refractivity contribution in [1.82, 2.24) is 0 Å². The predicted molar refractivity (Wildman–Crippen MR) is 30.4 cm³/mol. The maximum Gasteiger partial charge on any atom is 0.157 e. The van der Waals surface area contributed by atoms with Crippen molar-refractivity contribution in [2.75, 3.05) is 6.61 Å². The fourth-order valence-corrected chi connectivity index (χ4v) is 0.916. The second-order valence-corrected chi connectivity index (χ2v) is 2.38. The standard InChI is InChI=1S/C6H12O2/c1-5-3-2-4-8-6(5)7/h5-7H,2-4H2,1H3/t5-,6?/m1/s1. The molecule has 0 spiro atoms. The van der Waals surface area contributed by atoms with Crippen LogP contribution < -0.4 is 0 Å². The van der Waals surface area contributed by atoms with E-state index in [0.717, 1.165) is 19.4 Å². The van der Waals surface area contributed by atoms with Gasteiger partial charge in [0.25, 0.3) is 0 Å². The Labute approximate surface area is 49.5 Å². The van der Waals surface area contributed by atoms with Crippen molar-refractivity contribution in [3.8, 4) is 0 Å². The normalized spacial score (nSPS) is 39.8. The molecule has 0 aromatic rings. The molecule has 2 heteroatoms. The first kappa shape index (κ1) is 6.05. The van der Waals surface area contributed by atoms with Crippen LogP contribution in [0.5, 0.6) is 0 Å². The molecule has 0 amide bonds. The van der Waals surface area contributed by atoms with Crippen molar-refractivity contribution in [3.05, 3.63) is 0 Å². The van der Waals surface area contributed by atoms with Crippen LogP contribution in [0.2, 0.25) is 0 Å². The van der Waals surface area contributed by atoms with Gasteiger partial charge in [0.2, 0.25) is 0 Å². The maximum absolute atomic E-state index is 8.96. The van der Waals surface area contributed by atoms with Gasteiger partial charge < -0.3 is 9.84 Å². The van der Waals surface area contributed by atoms with Crippen molar-refractivity contribution in [2.24, 2.45) is 5.92 Å². The lowest BCUT2D eigenvalue weighted by Crippen LogP contribution is -2.26. The third kappa shape index (κ3) is 1.20. The highest BCUT2D eigenvalue weighted by Crippen LogP contribution is 2.17. The van der Waals surface area contributed by atoms with Crippen LogP contribution in [0.15, 0.2) is 0 Å². The van der Waals surface area contributed by atoms with Crippen LogP contribution in [-0.2, 0) is 4.74 Å². The minimum Gasteiger partial charge on any atom is -0.368 e. The Bertz CT molecular complexity index is 62.9. The highest BCUT2D eigenvalue weighted by Gasteiger charge is 2.18. The summed E-state index contributed by atoms with van der Waals surface area (Å²) in [6.45, 7) is 2.73. The molecule has 0 aliphatic carbocycles. The number of aliphatic hydroxyl groups is 1. The zero-order valence-corrected chi connectivity index (χ0v) is 5.13. The average molecular weight is 116 g/mol. The highest BCUT2D eigenvalue weighted by molar-refractivity contribution is 4.60. The number of ether oxygens (including phenoxy) is 1. The van der Waals surface area contributed by atoms with Gasteiger partial charge in [0.15, 0.2) is 6.29 Å². The summed E-state index contributed by atoms with van der Waals surface area (Å²) in [5, 5.41) is 8.96. The van der Waals surface area contributed by atoms with E-state index in [2.05, 4.69) is 0 Å². The van der Waals surface area contributed by atoms with Gasteiger partial charge in [0, 0.05) is 12.5 Å². The average Bonchev–Trinajstić information content (AvgIpc) is 1.77. The quantitative estimate of drug-likeness (QED) is 0.506. The van der Waals surface area contributed by atoms with E-state index < -0.39 is 6.29 Å². The Morgan fingerprint density at radius 3 is 2.75 bits per heavy atom. The van der Waals surface area contributed by atoms with Gasteiger partial charge in [-0.3, -0.25) is 0 Å². The molecule has 0 bridgehead atoms. The molecule has 0 saturated carbocycles. The molecule has 2 nitrogen and oxygen atoms in total. The van der Waals surface area contributed by atoms with Crippen LogP contribution in [0.4, 0.5) is 0 Å². The van der Waals surface area contributed by atoms with Gasteiger partial charge in [-0.05, 0) is 12.8 Å². The van der Waals surface area contributed by atoms with Gasteiger partial charge in [-0.25, -0.2) is 0 Å². The molecule has 1 aliphatic heterocycles. The van der Waals surface area contributed by atoms with E-state index in [1.807, 2.05) is 6.92 Å². The lowest BCUT2D eigenvalue weighted by atomic mass is 10.0. The van der Waals surface area contributed by atoms with E-state index in [-0.39, 0.29) is 0 Å². The Balaban J connectivity index is 2.28. The van der Waals surface area contributed by atoms with Crippen molar-refractivity contribution >= 4 is 0 Å². The second kappa shape index (κ2) is 2.46. The molecular formula is C6H12O2. The van der Waals surface area contributed by atoms with E-state index in [4.69, 9.17) is 9.84 Å². The number of rotatable bonds is 0. The first-order valence-corrected chi connectivity index (χ1v) is 3.10. The second-order valence-electron chi connectivity index (χ2n) is 2.38. The molecule has 1 N–H and O–H groups in total. The summed E-state index contributed by atoms with van der Waals surface area (Å²) >= 11 is 0. The largest absolute Gasteiger partial charge is 0.368 e. The SMILES string of the molecule is C[C@@H]1CCCOC1O. The third-order valence-electron chi connectivity index (χ3n) is 1.58. The van der Waals surface area contributed by atoms with Crippen LogP contribution in [0.25, 0.3) is 0 Å². The van der Waals surface area contributed by atoms with Crippen molar-refractivity contribution < 1.29 is 9.84 Å². The topological polar surface area (TPSA) is 29.5 Å².